The van der Waals surface area contributed by atoms with E-state index in [-0.39, 0.29) is 24.3 Å². The normalized spacial score (nSPS) is 19.8. The lowest BCUT2D eigenvalue weighted by atomic mass is 9.76. The van der Waals surface area contributed by atoms with Gasteiger partial charge >= 0.3 is 6.09 Å². The van der Waals surface area contributed by atoms with E-state index in [1.54, 1.807) is 6.07 Å². The van der Waals surface area contributed by atoms with Crippen LogP contribution in [0.1, 0.15) is 82.4 Å². The molecule has 1 saturated carbocycles. The average Bonchev–Trinajstić information content (AvgIpc) is 3.39. The number of halogens is 1. The van der Waals surface area contributed by atoms with E-state index in [4.69, 9.17) is 16.3 Å². The lowest BCUT2D eigenvalue weighted by molar-refractivity contribution is -0.126. The minimum atomic E-state index is -0.835. The van der Waals surface area contributed by atoms with Crippen LogP contribution in [0.3, 0.4) is 0 Å². The van der Waals surface area contributed by atoms with E-state index in [0.29, 0.717) is 36.7 Å². The first kappa shape index (κ1) is 31.8. The van der Waals surface area contributed by atoms with Gasteiger partial charge in [0, 0.05) is 22.9 Å². The second kappa shape index (κ2) is 14.9. The number of ether oxygens (including phenoxy) is 1. The highest BCUT2D eigenvalue weighted by molar-refractivity contribution is 6.30. The van der Waals surface area contributed by atoms with Crippen LogP contribution in [0.2, 0.25) is 5.02 Å². The SMILES string of the molecule is CC(C)(c1cccc(Cl)c1)C(OC(=O)N[C@@H](CC1CCCCC1)C(=O)N[C@H](CO)C[C@@H]1CCNC1=O)c1ccccc1. The molecule has 2 aromatic rings. The fraction of sp³-hybridized carbons (Fsp3) is 0.545. The fourth-order valence-electron chi connectivity index (χ4n) is 6.27. The Hall–Kier alpha value is -3.10. The van der Waals surface area contributed by atoms with Crippen LogP contribution < -0.4 is 16.0 Å². The molecule has 8 nitrogen and oxygen atoms in total. The summed E-state index contributed by atoms with van der Waals surface area (Å²) < 4.78 is 6.14. The molecule has 0 radical (unpaired) electrons. The number of nitrogens with one attached hydrogen (secondary N) is 3. The van der Waals surface area contributed by atoms with Gasteiger partial charge in [-0.05, 0) is 48.4 Å². The molecule has 1 unspecified atom stereocenters. The van der Waals surface area contributed by atoms with Crippen LogP contribution in [0.15, 0.2) is 54.6 Å². The van der Waals surface area contributed by atoms with Crippen molar-refractivity contribution in [2.45, 2.75) is 88.8 Å². The Balaban J connectivity index is 1.52. The summed E-state index contributed by atoms with van der Waals surface area (Å²) >= 11 is 6.31. The number of benzene rings is 2. The summed E-state index contributed by atoms with van der Waals surface area (Å²) in [7, 11) is 0. The zero-order valence-electron chi connectivity index (χ0n) is 24.6. The molecule has 0 aromatic heterocycles. The van der Waals surface area contributed by atoms with Gasteiger partial charge in [-0.1, -0.05) is 100 Å². The van der Waals surface area contributed by atoms with Crippen molar-refractivity contribution in [1.29, 1.82) is 0 Å². The van der Waals surface area contributed by atoms with E-state index in [1.165, 1.54) is 6.42 Å². The molecule has 9 heteroatoms. The number of aliphatic hydroxyl groups excluding tert-OH is 1. The molecule has 1 saturated heterocycles. The number of carbonyl (C=O) groups excluding carboxylic acids is 3. The summed E-state index contributed by atoms with van der Waals surface area (Å²) in [5.74, 6) is -0.383. The lowest BCUT2D eigenvalue weighted by Crippen LogP contribution is -2.52. The second-order valence-electron chi connectivity index (χ2n) is 12.3. The Labute approximate surface area is 253 Å². The Morgan fingerprint density at radius 2 is 1.76 bits per heavy atom. The highest BCUT2D eigenvalue weighted by Crippen LogP contribution is 2.40. The van der Waals surface area contributed by atoms with Crippen LogP contribution in [-0.4, -0.2) is 48.2 Å². The van der Waals surface area contributed by atoms with Gasteiger partial charge in [-0.2, -0.15) is 0 Å². The molecular weight excluding hydrogens is 554 g/mol. The lowest BCUT2D eigenvalue weighted by Gasteiger charge is -2.35. The summed E-state index contributed by atoms with van der Waals surface area (Å²) in [5, 5.41) is 19.2. The first-order valence-electron chi connectivity index (χ1n) is 15.1. The van der Waals surface area contributed by atoms with Crippen LogP contribution in [-0.2, 0) is 19.7 Å². The van der Waals surface area contributed by atoms with E-state index < -0.39 is 29.7 Å². The van der Waals surface area contributed by atoms with Crippen LogP contribution in [0.4, 0.5) is 4.79 Å². The number of hydrogen-bond donors (Lipinski definition) is 4. The highest BCUT2D eigenvalue weighted by atomic mass is 35.5. The van der Waals surface area contributed by atoms with Crippen LogP contribution in [0.5, 0.6) is 0 Å². The molecule has 4 N–H and O–H groups in total. The predicted molar refractivity (Wildman–Crippen MR) is 163 cm³/mol. The van der Waals surface area contributed by atoms with Crippen LogP contribution in [0, 0.1) is 11.8 Å². The molecular formula is C33H44ClN3O5. The summed E-state index contributed by atoms with van der Waals surface area (Å²) in [6.07, 6.45) is 5.52. The maximum atomic E-state index is 13.6. The Morgan fingerprint density at radius 1 is 1.02 bits per heavy atom. The Kier molecular flexibility index (Phi) is 11.3. The molecule has 3 amide bonds. The zero-order valence-corrected chi connectivity index (χ0v) is 25.4. The minimum Gasteiger partial charge on any atom is -0.440 e. The third-order valence-electron chi connectivity index (χ3n) is 8.75. The topological polar surface area (TPSA) is 117 Å². The van der Waals surface area contributed by atoms with E-state index in [2.05, 4.69) is 16.0 Å². The fourth-order valence-corrected chi connectivity index (χ4v) is 6.46. The summed E-state index contributed by atoms with van der Waals surface area (Å²) in [4.78, 5) is 39.2. The molecule has 1 heterocycles. The summed E-state index contributed by atoms with van der Waals surface area (Å²) in [6.45, 7) is 4.31. The molecule has 1 aliphatic heterocycles. The number of alkyl carbamates (subject to hydrolysis) is 1. The largest absolute Gasteiger partial charge is 0.440 e. The van der Waals surface area contributed by atoms with E-state index in [0.717, 1.165) is 36.8 Å². The zero-order chi connectivity index (χ0) is 30.1. The molecule has 2 aromatic carbocycles. The average molecular weight is 598 g/mol. The number of rotatable bonds is 12. The van der Waals surface area contributed by atoms with E-state index in [9.17, 15) is 19.5 Å². The second-order valence-corrected chi connectivity index (χ2v) is 12.7. The van der Waals surface area contributed by atoms with Gasteiger partial charge in [0.05, 0.1) is 12.6 Å². The van der Waals surface area contributed by atoms with Gasteiger partial charge in [0.15, 0.2) is 0 Å². The Bertz CT molecular complexity index is 1200. The molecule has 0 spiro atoms. The standard InChI is InChI=1S/C33H44ClN3O5/c1-33(2,25-14-9-15-26(34)20-25)29(23-12-7-4-8-13-23)42-32(41)37-28(18-22-10-5-3-6-11-22)31(40)36-27(21-38)19-24-16-17-35-30(24)39/h4,7-9,12-15,20,22,24,27-29,38H,3,5-6,10-11,16-19,21H2,1-2H3,(H,35,39)(H,36,40)(H,37,41)/t24-,27-,28-,29?/m0/s1. The molecule has 42 heavy (non-hydrogen) atoms. The van der Waals surface area contributed by atoms with Gasteiger partial charge in [0.2, 0.25) is 11.8 Å². The van der Waals surface area contributed by atoms with Gasteiger partial charge in [-0.15, -0.1) is 0 Å². The minimum absolute atomic E-state index is 0.0579. The summed E-state index contributed by atoms with van der Waals surface area (Å²) in [6, 6.07) is 15.6. The van der Waals surface area contributed by atoms with Crippen molar-refractivity contribution in [3.63, 3.8) is 0 Å². The van der Waals surface area contributed by atoms with Gasteiger partial charge in [-0.3, -0.25) is 9.59 Å². The predicted octanol–water partition coefficient (Wildman–Crippen LogP) is 5.43. The number of carbonyl (C=O) groups is 3. The molecule has 0 bridgehead atoms. The van der Waals surface area contributed by atoms with Crippen molar-refractivity contribution in [3.05, 3.63) is 70.7 Å². The van der Waals surface area contributed by atoms with Gasteiger partial charge in [0.1, 0.15) is 12.1 Å². The van der Waals surface area contributed by atoms with Crippen molar-refractivity contribution in [3.8, 4) is 0 Å². The van der Waals surface area contributed by atoms with Crippen molar-refractivity contribution >= 4 is 29.5 Å². The van der Waals surface area contributed by atoms with Gasteiger partial charge in [0.25, 0.3) is 0 Å². The van der Waals surface area contributed by atoms with Gasteiger partial charge in [-0.25, -0.2) is 4.79 Å². The van der Waals surface area contributed by atoms with Crippen molar-refractivity contribution in [2.75, 3.05) is 13.2 Å². The number of amides is 3. The van der Waals surface area contributed by atoms with Crippen molar-refractivity contribution < 1.29 is 24.2 Å². The maximum absolute atomic E-state index is 13.6. The number of hydrogen-bond acceptors (Lipinski definition) is 5. The monoisotopic (exact) mass is 597 g/mol. The third kappa shape index (κ3) is 8.48. The van der Waals surface area contributed by atoms with Crippen LogP contribution in [0.25, 0.3) is 0 Å². The molecule has 4 atom stereocenters. The quantitative estimate of drug-likeness (QED) is 0.260. The molecule has 2 fully saturated rings. The number of aliphatic hydroxyl groups is 1. The highest BCUT2D eigenvalue weighted by Gasteiger charge is 2.37. The maximum Gasteiger partial charge on any atom is 0.408 e. The molecule has 4 rings (SSSR count). The third-order valence-corrected chi connectivity index (χ3v) is 8.99. The summed E-state index contributed by atoms with van der Waals surface area (Å²) in [5.41, 5.74) is 1.09. The van der Waals surface area contributed by atoms with E-state index in [1.807, 2.05) is 62.4 Å². The van der Waals surface area contributed by atoms with Gasteiger partial charge < -0.3 is 25.8 Å². The molecule has 2 aliphatic rings. The first-order chi connectivity index (χ1) is 20.2. The van der Waals surface area contributed by atoms with Crippen molar-refractivity contribution in [1.82, 2.24) is 16.0 Å². The van der Waals surface area contributed by atoms with Crippen LogP contribution >= 0.6 is 11.6 Å². The molecule has 1 aliphatic carbocycles. The molecule has 228 valence electrons. The smallest absolute Gasteiger partial charge is 0.408 e. The van der Waals surface area contributed by atoms with Crippen molar-refractivity contribution in [2.24, 2.45) is 11.8 Å². The first-order valence-corrected chi connectivity index (χ1v) is 15.5. The van der Waals surface area contributed by atoms with E-state index >= 15 is 0 Å². The Morgan fingerprint density at radius 3 is 2.40 bits per heavy atom.